The lowest BCUT2D eigenvalue weighted by molar-refractivity contribution is 0.477. The quantitative estimate of drug-likeness (QED) is 0.458. The Bertz CT molecular complexity index is 1190. The van der Waals surface area contributed by atoms with Gasteiger partial charge in [-0.1, -0.05) is 48.9 Å². The van der Waals surface area contributed by atoms with Crippen LogP contribution in [0.3, 0.4) is 0 Å². The van der Waals surface area contributed by atoms with Crippen molar-refractivity contribution >= 4 is 32.8 Å². The summed E-state index contributed by atoms with van der Waals surface area (Å²) in [5.41, 5.74) is 4.45. The summed E-state index contributed by atoms with van der Waals surface area (Å²) >= 11 is 1.76. The van der Waals surface area contributed by atoms with Crippen LogP contribution >= 0.6 is 11.8 Å². The van der Waals surface area contributed by atoms with Crippen molar-refractivity contribution in [2.45, 2.75) is 67.3 Å². The minimum Gasteiger partial charge on any atom is -0.316 e. The second-order valence-electron chi connectivity index (χ2n) is 8.68. The Morgan fingerprint density at radius 1 is 1.03 bits per heavy atom. The predicted molar refractivity (Wildman–Crippen MR) is 126 cm³/mol. The normalized spacial score (nSPS) is 18.4. The Morgan fingerprint density at radius 3 is 2.52 bits per heavy atom. The minimum atomic E-state index is -3.44. The fourth-order valence-corrected chi connectivity index (χ4v) is 7.52. The van der Waals surface area contributed by atoms with Crippen LogP contribution in [0.25, 0.3) is 11.0 Å². The molecule has 1 saturated carbocycles. The second-order valence-corrected chi connectivity index (χ2v) is 11.6. The van der Waals surface area contributed by atoms with Crippen molar-refractivity contribution in [3.63, 3.8) is 0 Å². The van der Waals surface area contributed by atoms with E-state index < -0.39 is 10.0 Å². The maximum absolute atomic E-state index is 13.1. The molecule has 2 heterocycles. The summed E-state index contributed by atoms with van der Waals surface area (Å²) in [6.45, 7) is 3.38. The molecule has 2 aliphatic rings. The van der Waals surface area contributed by atoms with Crippen LogP contribution in [0, 0.1) is 6.92 Å². The molecule has 1 aromatic heterocycles. The number of fused-ring (bicyclic) bond motifs is 1. The maximum atomic E-state index is 13.1. The van der Waals surface area contributed by atoms with E-state index in [0.29, 0.717) is 24.0 Å². The van der Waals surface area contributed by atoms with Gasteiger partial charge in [0, 0.05) is 24.9 Å². The smallest absolute Gasteiger partial charge is 0.243 e. The van der Waals surface area contributed by atoms with Crippen LogP contribution < -0.4 is 0 Å². The third-order valence-electron chi connectivity index (χ3n) is 6.64. The van der Waals surface area contributed by atoms with Crippen LogP contribution in [-0.4, -0.2) is 35.4 Å². The average molecular weight is 456 g/mol. The van der Waals surface area contributed by atoms with E-state index in [2.05, 4.69) is 35.8 Å². The number of hydrogen-bond acceptors (Lipinski definition) is 4. The molecule has 0 amide bonds. The van der Waals surface area contributed by atoms with E-state index in [1.807, 2.05) is 6.07 Å². The summed E-state index contributed by atoms with van der Waals surface area (Å²) in [5, 5.41) is 1.00. The molecular formula is C24H29N3O2S2. The van der Waals surface area contributed by atoms with Gasteiger partial charge in [-0.25, -0.2) is 13.4 Å². The molecule has 1 aliphatic carbocycles. The molecule has 3 aromatic rings. The highest BCUT2D eigenvalue weighted by molar-refractivity contribution is 7.98. The molecule has 0 unspecified atom stereocenters. The van der Waals surface area contributed by atoms with Gasteiger partial charge in [0.1, 0.15) is 0 Å². The molecule has 5 rings (SSSR count). The molecule has 1 saturated heterocycles. The fraction of sp³-hybridized carbons (Fsp3) is 0.458. The highest BCUT2D eigenvalue weighted by Gasteiger charge is 2.29. The van der Waals surface area contributed by atoms with E-state index in [-0.39, 0.29) is 0 Å². The summed E-state index contributed by atoms with van der Waals surface area (Å²) in [7, 11) is -3.44. The molecular weight excluding hydrogens is 426 g/mol. The van der Waals surface area contributed by atoms with Gasteiger partial charge in [-0.3, -0.25) is 0 Å². The van der Waals surface area contributed by atoms with Crippen molar-refractivity contribution in [2.75, 3.05) is 13.1 Å². The summed E-state index contributed by atoms with van der Waals surface area (Å²) in [5.74, 6) is 0.863. The summed E-state index contributed by atoms with van der Waals surface area (Å²) < 4.78 is 30.1. The van der Waals surface area contributed by atoms with E-state index in [1.54, 1.807) is 28.2 Å². The van der Waals surface area contributed by atoms with Crippen molar-refractivity contribution < 1.29 is 8.42 Å². The van der Waals surface area contributed by atoms with Crippen molar-refractivity contribution in [1.82, 2.24) is 13.9 Å². The first-order valence-electron chi connectivity index (χ1n) is 11.2. The molecule has 0 bridgehead atoms. The van der Waals surface area contributed by atoms with E-state index in [1.165, 1.54) is 24.0 Å². The Kier molecular flexibility index (Phi) is 5.84. The van der Waals surface area contributed by atoms with Gasteiger partial charge in [-0.15, -0.1) is 0 Å². The number of aryl methyl sites for hydroxylation is 1. The van der Waals surface area contributed by atoms with Crippen LogP contribution in [0.15, 0.2) is 52.5 Å². The standard InChI is InChI=1S/C24H29N3O2S2/c1-18-8-2-3-9-19(18)17-30-24-25-22-16-21(31(28,29)26-14-6-7-15-26)12-13-23(22)27(24)20-10-4-5-11-20/h2-3,8-9,12-13,16,20H,4-7,10-11,14-15,17H2,1H3. The van der Waals surface area contributed by atoms with Gasteiger partial charge in [-0.2, -0.15) is 4.31 Å². The van der Waals surface area contributed by atoms with Gasteiger partial charge in [0.25, 0.3) is 0 Å². The summed E-state index contributed by atoms with van der Waals surface area (Å²) in [4.78, 5) is 5.31. The third kappa shape index (κ3) is 4.03. The molecule has 2 fully saturated rings. The molecule has 31 heavy (non-hydrogen) atoms. The van der Waals surface area contributed by atoms with Gasteiger partial charge in [0.15, 0.2) is 5.16 Å². The number of aromatic nitrogens is 2. The molecule has 0 spiro atoms. The van der Waals surface area contributed by atoms with Crippen molar-refractivity contribution in [3.8, 4) is 0 Å². The number of imidazole rings is 1. The number of benzene rings is 2. The number of thioether (sulfide) groups is 1. The largest absolute Gasteiger partial charge is 0.316 e. The zero-order valence-corrected chi connectivity index (χ0v) is 19.6. The maximum Gasteiger partial charge on any atom is 0.243 e. The van der Waals surface area contributed by atoms with E-state index in [9.17, 15) is 8.42 Å². The predicted octanol–water partition coefficient (Wildman–Crippen LogP) is 5.54. The molecule has 164 valence electrons. The first kappa shape index (κ1) is 21.0. The Labute approximate surface area is 188 Å². The molecule has 2 aromatic carbocycles. The zero-order valence-electron chi connectivity index (χ0n) is 18.0. The van der Waals surface area contributed by atoms with Gasteiger partial charge >= 0.3 is 0 Å². The van der Waals surface area contributed by atoms with Gasteiger partial charge < -0.3 is 4.57 Å². The third-order valence-corrected chi connectivity index (χ3v) is 9.54. The van der Waals surface area contributed by atoms with Crippen LogP contribution in [0.4, 0.5) is 0 Å². The summed E-state index contributed by atoms with van der Waals surface area (Å²) in [6, 6.07) is 14.5. The van der Waals surface area contributed by atoms with Crippen LogP contribution in [-0.2, 0) is 15.8 Å². The van der Waals surface area contributed by atoms with Crippen LogP contribution in [0.5, 0.6) is 0 Å². The van der Waals surface area contributed by atoms with Crippen LogP contribution in [0.2, 0.25) is 0 Å². The van der Waals surface area contributed by atoms with Crippen molar-refractivity contribution in [3.05, 3.63) is 53.6 Å². The first-order chi connectivity index (χ1) is 15.0. The number of sulfonamides is 1. The lowest BCUT2D eigenvalue weighted by Gasteiger charge is -2.17. The fourth-order valence-electron chi connectivity index (χ4n) is 4.83. The lowest BCUT2D eigenvalue weighted by Crippen LogP contribution is -2.27. The number of nitrogens with zero attached hydrogens (tertiary/aromatic N) is 3. The van der Waals surface area contributed by atoms with Crippen molar-refractivity contribution in [2.24, 2.45) is 0 Å². The van der Waals surface area contributed by atoms with E-state index >= 15 is 0 Å². The van der Waals surface area contributed by atoms with Gasteiger partial charge in [-0.05, 0) is 61.9 Å². The topological polar surface area (TPSA) is 55.2 Å². The van der Waals surface area contributed by atoms with Gasteiger partial charge in [0.2, 0.25) is 10.0 Å². The highest BCUT2D eigenvalue weighted by Crippen LogP contribution is 2.38. The molecule has 0 N–H and O–H groups in total. The van der Waals surface area contributed by atoms with E-state index in [4.69, 9.17) is 4.98 Å². The lowest BCUT2D eigenvalue weighted by atomic mass is 10.1. The number of rotatable bonds is 6. The molecule has 5 nitrogen and oxygen atoms in total. The zero-order chi connectivity index (χ0) is 21.4. The molecule has 0 radical (unpaired) electrons. The Hall–Kier alpha value is -1.83. The molecule has 1 aliphatic heterocycles. The first-order valence-corrected chi connectivity index (χ1v) is 13.7. The average Bonchev–Trinajstić information content (AvgIpc) is 3.53. The SMILES string of the molecule is Cc1ccccc1CSc1nc2cc(S(=O)(=O)N3CCCC3)ccc2n1C1CCCC1. The molecule has 7 heteroatoms. The van der Waals surface area contributed by atoms with Crippen LogP contribution in [0.1, 0.15) is 55.7 Å². The van der Waals surface area contributed by atoms with E-state index in [0.717, 1.165) is 47.6 Å². The van der Waals surface area contributed by atoms with Crippen molar-refractivity contribution in [1.29, 1.82) is 0 Å². The number of hydrogen-bond donors (Lipinski definition) is 0. The minimum absolute atomic E-state index is 0.369. The Morgan fingerprint density at radius 2 is 1.77 bits per heavy atom. The summed E-state index contributed by atoms with van der Waals surface area (Å²) in [6.07, 6.45) is 6.70. The monoisotopic (exact) mass is 455 g/mol. The second kappa shape index (κ2) is 8.60. The molecule has 0 atom stereocenters. The highest BCUT2D eigenvalue weighted by atomic mass is 32.2. The van der Waals surface area contributed by atoms with Gasteiger partial charge in [0.05, 0.1) is 15.9 Å². The Balaban J connectivity index is 1.52.